The molecule has 1 atom stereocenters. The second-order valence-corrected chi connectivity index (χ2v) is 7.68. The highest BCUT2D eigenvalue weighted by atomic mass is 16.5. The number of aromatic amines is 1. The van der Waals surface area contributed by atoms with Crippen molar-refractivity contribution in [3.05, 3.63) is 17.5 Å². The number of H-pyrrole nitrogens is 1. The van der Waals surface area contributed by atoms with Crippen LogP contribution in [-0.2, 0) is 4.74 Å². The molecular weight excluding hydrogens is 306 g/mol. The molecule has 4 rings (SSSR count). The molecule has 1 amide bonds. The van der Waals surface area contributed by atoms with Crippen LogP contribution in [0.2, 0.25) is 0 Å². The average Bonchev–Trinajstić information content (AvgIpc) is 3.33. The van der Waals surface area contributed by atoms with E-state index in [4.69, 9.17) is 4.74 Å². The van der Waals surface area contributed by atoms with Crippen molar-refractivity contribution in [2.45, 2.75) is 56.5 Å². The molecule has 2 saturated heterocycles. The lowest BCUT2D eigenvalue weighted by atomic mass is 9.78. The van der Waals surface area contributed by atoms with Crippen LogP contribution in [0.15, 0.2) is 6.07 Å². The van der Waals surface area contributed by atoms with E-state index in [0.717, 1.165) is 57.5 Å². The first kappa shape index (κ1) is 16.1. The van der Waals surface area contributed by atoms with Gasteiger partial charge in [0.2, 0.25) is 0 Å². The van der Waals surface area contributed by atoms with E-state index in [1.807, 2.05) is 11.0 Å². The Balaban J connectivity index is 1.35. The van der Waals surface area contributed by atoms with Crippen LogP contribution in [0.5, 0.6) is 0 Å². The van der Waals surface area contributed by atoms with Gasteiger partial charge in [0.05, 0.1) is 5.60 Å². The maximum Gasteiger partial charge on any atom is 0.274 e. The van der Waals surface area contributed by atoms with Crippen molar-refractivity contribution in [3.8, 4) is 0 Å². The maximum atomic E-state index is 12.7. The Hall–Kier alpha value is -1.40. The first-order chi connectivity index (χ1) is 11.7. The third-order valence-electron chi connectivity index (χ3n) is 5.93. The standard InChI is InChI=1S/C18H27N3O3/c22-9-3-13-4-10-24-18(12-13)5-7-21(8-6-18)17(23)16-11-15(19-20-16)14-1-2-14/h11,13-14,22H,1-10,12H2,(H,19,20). The SMILES string of the molecule is O=C(c1cc(C2CC2)[nH]n1)N1CCC2(CC1)CC(CCO)CCO2. The molecule has 1 aliphatic carbocycles. The number of aromatic nitrogens is 2. The number of aliphatic hydroxyl groups excluding tert-OH is 1. The molecule has 3 aliphatic rings. The number of aliphatic hydroxyl groups is 1. The zero-order chi connectivity index (χ0) is 16.6. The molecule has 2 N–H and O–H groups in total. The molecule has 1 aromatic heterocycles. The second kappa shape index (κ2) is 6.48. The predicted octanol–water partition coefficient (Wildman–Crippen LogP) is 2.07. The van der Waals surface area contributed by atoms with Gasteiger partial charge in [0.1, 0.15) is 5.69 Å². The van der Waals surface area contributed by atoms with Crippen molar-refractivity contribution in [3.63, 3.8) is 0 Å². The molecule has 0 bridgehead atoms. The molecule has 6 nitrogen and oxygen atoms in total. The van der Waals surface area contributed by atoms with E-state index >= 15 is 0 Å². The lowest BCUT2D eigenvalue weighted by Gasteiger charge is -2.46. The summed E-state index contributed by atoms with van der Waals surface area (Å²) in [5.41, 5.74) is 1.57. The third kappa shape index (κ3) is 3.22. The van der Waals surface area contributed by atoms with Gasteiger partial charge in [-0.15, -0.1) is 0 Å². The average molecular weight is 333 g/mol. The first-order valence-electron chi connectivity index (χ1n) is 9.28. The summed E-state index contributed by atoms with van der Waals surface area (Å²) in [7, 11) is 0. The van der Waals surface area contributed by atoms with Gasteiger partial charge in [0.15, 0.2) is 0 Å². The van der Waals surface area contributed by atoms with Gasteiger partial charge in [-0.3, -0.25) is 9.89 Å². The fourth-order valence-electron chi connectivity index (χ4n) is 4.24. The summed E-state index contributed by atoms with van der Waals surface area (Å²) in [5, 5.41) is 16.4. The summed E-state index contributed by atoms with van der Waals surface area (Å²) >= 11 is 0. The van der Waals surface area contributed by atoms with E-state index in [1.54, 1.807) is 0 Å². The summed E-state index contributed by atoms with van der Waals surface area (Å²) in [4.78, 5) is 14.6. The highest BCUT2D eigenvalue weighted by molar-refractivity contribution is 5.92. The van der Waals surface area contributed by atoms with Crippen molar-refractivity contribution in [1.29, 1.82) is 0 Å². The maximum absolute atomic E-state index is 12.7. The molecular formula is C18H27N3O3. The third-order valence-corrected chi connectivity index (χ3v) is 5.93. The van der Waals surface area contributed by atoms with E-state index in [0.29, 0.717) is 17.5 Å². The highest BCUT2D eigenvalue weighted by Gasteiger charge is 2.41. The number of hydrogen-bond donors (Lipinski definition) is 2. The van der Waals surface area contributed by atoms with E-state index in [9.17, 15) is 9.90 Å². The van der Waals surface area contributed by atoms with Gasteiger partial charge in [-0.05, 0) is 56.9 Å². The molecule has 0 radical (unpaired) electrons. The number of piperidine rings is 1. The Labute approximate surface area is 142 Å². The van der Waals surface area contributed by atoms with Crippen LogP contribution in [0.1, 0.15) is 67.0 Å². The number of likely N-dealkylation sites (tertiary alicyclic amines) is 1. The Kier molecular flexibility index (Phi) is 4.35. The fraction of sp³-hybridized carbons (Fsp3) is 0.778. The summed E-state index contributed by atoms with van der Waals surface area (Å²) in [6.07, 6.45) is 7.11. The van der Waals surface area contributed by atoms with E-state index < -0.39 is 0 Å². The van der Waals surface area contributed by atoms with Crippen molar-refractivity contribution in [2.24, 2.45) is 5.92 Å². The number of ether oxygens (including phenoxy) is 1. The van der Waals surface area contributed by atoms with Crippen LogP contribution in [-0.4, -0.2) is 58.0 Å². The normalized spacial score (nSPS) is 26.7. The quantitative estimate of drug-likeness (QED) is 0.884. The number of hydrogen-bond acceptors (Lipinski definition) is 4. The Morgan fingerprint density at radius 2 is 2.17 bits per heavy atom. The van der Waals surface area contributed by atoms with Crippen LogP contribution in [0.25, 0.3) is 0 Å². The lowest BCUT2D eigenvalue weighted by molar-refractivity contribution is -0.125. The molecule has 1 spiro atoms. The minimum absolute atomic E-state index is 0.0377. The number of nitrogens with one attached hydrogen (secondary N) is 1. The molecule has 132 valence electrons. The smallest absolute Gasteiger partial charge is 0.274 e. The summed E-state index contributed by atoms with van der Waals surface area (Å²) in [5.74, 6) is 1.18. The zero-order valence-electron chi connectivity index (χ0n) is 14.2. The first-order valence-corrected chi connectivity index (χ1v) is 9.28. The van der Waals surface area contributed by atoms with Crippen molar-refractivity contribution in [1.82, 2.24) is 15.1 Å². The molecule has 2 aliphatic heterocycles. The van der Waals surface area contributed by atoms with Crippen molar-refractivity contribution in [2.75, 3.05) is 26.3 Å². The fourth-order valence-corrected chi connectivity index (χ4v) is 4.24. The largest absolute Gasteiger partial charge is 0.396 e. The van der Waals surface area contributed by atoms with Crippen molar-refractivity contribution >= 4 is 5.91 Å². The second-order valence-electron chi connectivity index (χ2n) is 7.68. The lowest BCUT2D eigenvalue weighted by Crippen LogP contribution is -2.50. The van der Waals surface area contributed by atoms with E-state index in [-0.39, 0.29) is 18.1 Å². The van der Waals surface area contributed by atoms with Crippen LogP contribution < -0.4 is 0 Å². The Morgan fingerprint density at radius 1 is 1.38 bits per heavy atom. The topological polar surface area (TPSA) is 78.5 Å². The van der Waals surface area contributed by atoms with Gasteiger partial charge in [-0.25, -0.2) is 0 Å². The summed E-state index contributed by atoms with van der Waals surface area (Å²) < 4.78 is 6.12. The van der Waals surface area contributed by atoms with Gasteiger partial charge in [-0.1, -0.05) is 0 Å². The monoisotopic (exact) mass is 333 g/mol. The predicted molar refractivity (Wildman–Crippen MR) is 88.8 cm³/mol. The van der Waals surface area contributed by atoms with Gasteiger partial charge >= 0.3 is 0 Å². The minimum Gasteiger partial charge on any atom is -0.396 e. The molecule has 3 fully saturated rings. The van der Waals surface area contributed by atoms with Crippen LogP contribution in [0.4, 0.5) is 0 Å². The molecule has 24 heavy (non-hydrogen) atoms. The van der Waals surface area contributed by atoms with E-state index in [1.165, 1.54) is 12.8 Å². The van der Waals surface area contributed by atoms with Crippen molar-refractivity contribution < 1.29 is 14.6 Å². The van der Waals surface area contributed by atoms with Crippen LogP contribution in [0, 0.1) is 5.92 Å². The zero-order valence-corrected chi connectivity index (χ0v) is 14.2. The van der Waals surface area contributed by atoms with Gasteiger partial charge in [0, 0.05) is 37.9 Å². The Bertz CT molecular complexity index is 586. The number of carbonyl (C=O) groups excluding carboxylic acids is 1. The molecule has 1 saturated carbocycles. The highest BCUT2D eigenvalue weighted by Crippen LogP contribution is 2.40. The number of carbonyl (C=O) groups is 1. The van der Waals surface area contributed by atoms with Crippen LogP contribution in [0.3, 0.4) is 0 Å². The summed E-state index contributed by atoms with van der Waals surface area (Å²) in [6, 6.07) is 1.93. The molecule has 1 unspecified atom stereocenters. The van der Waals surface area contributed by atoms with Crippen LogP contribution >= 0.6 is 0 Å². The minimum atomic E-state index is -0.0837. The molecule has 1 aromatic rings. The number of rotatable bonds is 4. The van der Waals surface area contributed by atoms with Gasteiger partial charge < -0.3 is 14.7 Å². The van der Waals surface area contributed by atoms with E-state index in [2.05, 4.69) is 10.2 Å². The number of nitrogens with zero attached hydrogens (tertiary/aromatic N) is 2. The molecule has 3 heterocycles. The van der Waals surface area contributed by atoms with Gasteiger partial charge in [-0.2, -0.15) is 5.10 Å². The summed E-state index contributed by atoms with van der Waals surface area (Å²) in [6.45, 7) is 2.50. The molecule has 0 aromatic carbocycles. The molecule has 6 heteroatoms. The Morgan fingerprint density at radius 3 is 2.88 bits per heavy atom. The number of amides is 1. The van der Waals surface area contributed by atoms with Gasteiger partial charge in [0.25, 0.3) is 5.91 Å².